The molecule has 19 heavy (non-hydrogen) atoms. The van der Waals surface area contributed by atoms with Crippen LogP contribution >= 0.6 is 0 Å². The van der Waals surface area contributed by atoms with E-state index in [0.29, 0.717) is 11.4 Å². The molecule has 0 aromatic heterocycles. The molecule has 0 saturated carbocycles. The van der Waals surface area contributed by atoms with Crippen molar-refractivity contribution in [1.29, 1.82) is 10.5 Å². The van der Waals surface area contributed by atoms with E-state index in [9.17, 15) is 4.79 Å². The van der Waals surface area contributed by atoms with E-state index < -0.39 is 5.97 Å². The van der Waals surface area contributed by atoms with Crippen molar-refractivity contribution >= 4 is 17.4 Å². The number of carbonyl (C=O) groups is 1. The Morgan fingerprint density at radius 3 is 2.53 bits per heavy atom. The molecule has 96 valence electrons. The lowest BCUT2D eigenvalue weighted by Crippen LogP contribution is -2.07. The Hall–Kier alpha value is -3.06. The first-order chi connectivity index (χ1) is 9.15. The van der Waals surface area contributed by atoms with Gasteiger partial charge in [-0.25, -0.2) is 4.79 Å². The fourth-order valence-electron chi connectivity index (χ4n) is 1.22. The number of methoxy groups -OCH3 is 2. The Labute approximate surface area is 109 Å². The molecular weight excluding hydrogens is 248 g/mol. The van der Waals surface area contributed by atoms with Crippen LogP contribution in [0, 0.1) is 22.7 Å². The molecule has 0 aliphatic heterocycles. The zero-order chi connectivity index (χ0) is 14.3. The third-order valence-electron chi connectivity index (χ3n) is 2.13. The number of esters is 1. The van der Waals surface area contributed by atoms with E-state index in [-0.39, 0.29) is 11.3 Å². The second kappa shape index (κ2) is 6.62. The average Bonchev–Trinajstić information content (AvgIpc) is 2.47. The monoisotopic (exact) mass is 258 g/mol. The summed E-state index contributed by atoms with van der Waals surface area (Å²) in [7, 11) is 2.70. The van der Waals surface area contributed by atoms with Crippen LogP contribution in [-0.2, 0) is 4.74 Å². The van der Waals surface area contributed by atoms with Crippen LogP contribution in [0.2, 0.25) is 0 Å². The van der Waals surface area contributed by atoms with E-state index >= 15 is 0 Å². The minimum absolute atomic E-state index is 0.181. The number of rotatable bonds is 4. The molecule has 1 N–H and O–H groups in total. The van der Waals surface area contributed by atoms with E-state index in [1.54, 1.807) is 18.2 Å². The van der Waals surface area contributed by atoms with E-state index in [2.05, 4.69) is 15.3 Å². The van der Waals surface area contributed by atoms with Gasteiger partial charge in [-0.05, 0) is 18.2 Å². The lowest BCUT2D eigenvalue weighted by atomic mass is 10.1. The van der Waals surface area contributed by atoms with Crippen LogP contribution in [0.25, 0.3) is 0 Å². The molecule has 0 bridgehead atoms. The van der Waals surface area contributed by atoms with Crippen LogP contribution in [0.5, 0.6) is 5.75 Å². The van der Waals surface area contributed by atoms with Crippen LogP contribution in [0.3, 0.4) is 0 Å². The second-order valence-electron chi connectivity index (χ2n) is 3.20. The van der Waals surface area contributed by atoms with Gasteiger partial charge in [0, 0.05) is 0 Å². The third-order valence-corrected chi connectivity index (χ3v) is 2.13. The number of ether oxygens (including phenoxy) is 2. The summed E-state index contributed by atoms with van der Waals surface area (Å²) < 4.78 is 9.62. The van der Waals surface area contributed by atoms with Crippen LogP contribution in [0.4, 0.5) is 5.69 Å². The Bertz CT molecular complexity index is 580. The number of nitrogens with one attached hydrogen (secondary N) is 1. The zero-order valence-electron chi connectivity index (χ0n) is 10.3. The van der Waals surface area contributed by atoms with Gasteiger partial charge in [-0.3, -0.25) is 5.43 Å². The first-order valence-electron chi connectivity index (χ1n) is 5.06. The predicted octanol–water partition coefficient (Wildman–Crippen LogP) is 1.30. The highest BCUT2D eigenvalue weighted by Gasteiger charge is 2.13. The molecule has 1 rings (SSSR count). The number of carbonyl (C=O) groups excluding carboxylic acids is 1. The van der Waals surface area contributed by atoms with Crippen molar-refractivity contribution in [3.05, 3.63) is 23.8 Å². The SMILES string of the molecule is COC(=O)c1cc(OC)ccc1NN=C(C#N)C#N. The molecule has 0 atom stereocenters. The Morgan fingerprint density at radius 2 is 2.00 bits per heavy atom. The maximum atomic E-state index is 11.6. The molecule has 7 heteroatoms. The van der Waals surface area contributed by atoms with Crippen LogP contribution < -0.4 is 10.2 Å². The first-order valence-corrected chi connectivity index (χ1v) is 5.06. The average molecular weight is 258 g/mol. The first kappa shape index (κ1) is 14.0. The second-order valence-corrected chi connectivity index (χ2v) is 3.20. The van der Waals surface area contributed by atoms with Gasteiger partial charge in [-0.1, -0.05) is 0 Å². The lowest BCUT2D eigenvalue weighted by molar-refractivity contribution is 0.0601. The van der Waals surface area contributed by atoms with E-state index in [1.165, 1.54) is 26.4 Å². The van der Waals surface area contributed by atoms with Gasteiger partial charge in [0.05, 0.1) is 25.5 Å². The molecule has 0 radical (unpaired) electrons. The molecule has 0 aliphatic carbocycles. The minimum atomic E-state index is -0.591. The Morgan fingerprint density at radius 1 is 1.32 bits per heavy atom. The summed E-state index contributed by atoms with van der Waals surface area (Å²) in [5, 5.41) is 20.7. The number of hydrogen-bond donors (Lipinski definition) is 1. The molecule has 0 aliphatic rings. The summed E-state index contributed by atoms with van der Waals surface area (Å²) in [5.41, 5.74) is 2.60. The van der Waals surface area contributed by atoms with E-state index in [1.807, 2.05) is 0 Å². The van der Waals surface area contributed by atoms with Crippen molar-refractivity contribution in [2.45, 2.75) is 0 Å². The summed E-state index contributed by atoms with van der Waals surface area (Å²) in [4.78, 5) is 11.6. The number of hydrazone groups is 1. The number of anilines is 1. The van der Waals surface area contributed by atoms with Gasteiger partial charge >= 0.3 is 5.97 Å². The fourth-order valence-corrected chi connectivity index (χ4v) is 1.22. The molecule has 0 amide bonds. The summed E-state index contributed by atoms with van der Waals surface area (Å²) >= 11 is 0. The van der Waals surface area contributed by atoms with Crippen molar-refractivity contribution in [1.82, 2.24) is 0 Å². The molecule has 1 aromatic rings. The highest BCUT2D eigenvalue weighted by Crippen LogP contribution is 2.22. The Balaban J connectivity index is 3.14. The topological polar surface area (TPSA) is 108 Å². The molecule has 0 spiro atoms. The molecular formula is C12H10N4O3. The van der Waals surface area contributed by atoms with Crippen LogP contribution in [0.1, 0.15) is 10.4 Å². The van der Waals surface area contributed by atoms with Gasteiger partial charge in [0.15, 0.2) is 0 Å². The molecule has 1 aromatic carbocycles. The van der Waals surface area contributed by atoms with Crippen molar-refractivity contribution in [2.75, 3.05) is 19.6 Å². The number of hydrogen-bond acceptors (Lipinski definition) is 7. The summed E-state index contributed by atoms with van der Waals surface area (Å²) in [6.45, 7) is 0. The van der Waals surface area contributed by atoms with Gasteiger partial charge in [-0.15, -0.1) is 0 Å². The predicted molar refractivity (Wildman–Crippen MR) is 66.6 cm³/mol. The maximum Gasteiger partial charge on any atom is 0.340 e. The molecule has 0 heterocycles. The van der Waals surface area contributed by atoms with Crippen LogP contribution in [0.15, 0.2) is 23.3 Å². The molecule has 7 nitrogen and oxygen atoms in total. The summed E-state index contributed by atoms with van der Waals surface area (Å²) in [6, 6.07) is 7.77. The van der Waals surface area contributed by atoms with Gasteiger partial charge < -0.3 is 9.47 Å². The molecule has 0 fully saturated rings. The minimum Gasteiger partial charge on any atom is -0.497 e. The van der Waals surface area contributed by atoms with Crippen molar-refractivity contribution in [3.63, 3.8) is 0 Å². The van der Waals surface area contributed by atoms with Crippen LogP contribution in [-0.4, -0.2) is 25.9 Å². The fraction of sp³-hybridized carbons (Fsp3) is 0.167. The van der Waals surface area contributed by atoms with Crippen molar-refractivity contribution in [3.8, 4) is 17.9 Å². The lowest BCUT2D eigenvalue weighted by Gasteiger charge is -2.08. The van der Waals surface area contributed by atoms with Gasteiger partial charge in [0.2, 0.25) is 5.71 Å². The number of nitrogens with zero attached hydrogens (tertiary/aromatic N) is 3. The maximum absolute atomic E-state index is 11.6. The normalized spacial score (nSPS) is 8.63. The third kappa shape index (κ3) is 3.45. The zero-order valence-corrected chi connectivity index (χ0v) is 10.3. The highest BCUT2D eigenvalue weighted by molar-refractivity contribution is 6.10. The summed E-state index contributed by atoms with van der Waals surface area (Å²) in [5.74, 6) is -0.122. The smallest absolute Gasteiger partial charge is 0.340 e. The molecule has 0 saturated heterocycles. The van der Waals surface area contributed by atoms with Gasteiger partial charge in [-0.2, -0.15) is 15.6 Å². The van der Waals surface area contributed by atoms with Gasteiger partial charge in [0.1, 0.15) is 17.9 Å². The number of nitriles is 2. The Kier molecular flexibility index (Phi) is 4.88. The standard InChI is InChI=1S/C12H10N4O3/c1-18-9-3-4-11(10(5-9)12(17)19-2)16-15-8(6-13)7-14/h3-5,16H,1-2H3. The van der Waals surface area contributed by atoms with E-state index in [0.717, 1.165) is 0 Å². The summed E-state index contributed by atoms with van der Waals surface area (Å²) in [6.07, 6.45) is 0. The number of benzene rings is 1. The van der Waals surface area contributed by atoms with E-state index in [4.69, 9.17) is 15.3 Å². The quantitative estimate of drug-likeness (QED) is 0.495. The highest BCUT2D eigenvalue weighted by atomic mass is 16.5. The largest absolute Gasteiger partial charge is 0.497 e. The van der Waals surface area contributed by atoms with Crippen molar-refractivity contribution < 1.29 is 14.3 Å². The van der Waals surface area contributed by atoms with Crippen molar-refractivity contribution in [2.24, 2.45) is 5.10 Å². The van der Waals surface area contributed by atoms with Gasteiger partial charge in [0.25, 0.3) is 0 Å². The molecule has 0 unspecified atom stereocenters.